The van der Waals surface area contributed by atoms with E-state index in [2.05, 4.69) is 49.2 Å². The number of nitrogens with zero attached hydrogens (tertiary/aromatic N) is 5. The van der Waals surface area contributed by atoms with Crippen LogP contribution in [0.15, 0.2) is 48.7 Å². The molecule has 0 atom stereocenters. The van der Waals surface area contributed by atoms with Crippen LogP contribution in [-0.2, 0) is 11.2 Å². The number of ether oxygens (including phenoxy) is 2. The second-order valence-corrected chi connectivity index (χ2v) is 7.63. The van der Waals surface area contributed by atoms with E-state index >= 15 is 0 Å². The summed E-state index contributed by atoms with van der Waals surface area (Å²) in [6.07, 6.45) is 2.46. The third-order valence-electron chi connectivity index (χ3n) is 5.22. The molecule has 4 aromatic rings. The van der Waals surface area contributed by atoms with Gasteiger partial charge in [-0.05, 0) is 36.8 Å². The molecule has 0 aliphatic carbocycles. The molecule has 2 N–H and O–H groups in total. The molecular formula is C23H25Br2N7O2-2. The number of aromatic nitrogens is 5. The number of imidazole rings is 1. The molecule has 1 saturated heterocycles. The van der Waals surface area contributed by atoms with Crippen molar-refractivity contribution in [3.8, 4) is 6.01 Å². The van der Waals surface area contributed by atoms with Gasteiger partial charge in [0.25, 0.3) is 0 Å². The molecule has 180 valence electrons. The summed E-state index contributed by atoms with van der Waals surface area (Å²) in [5.41, 5.74) is 4.43. The molecule has 0 amide bonds. The number of hydrogen-bond donors (Lipinski definition) is 2. The molecule has 3 aromatic heterocycles. The van der Waals surface area contributed by atoms with E-state index in [-0.39, 0.29) is 34.0 Å². The van der Waals surface area contributed by atoms with Crippen LogP contribution < -0.4 is 48.9 Å². The quantitative estimate of drug-likeness (QED) is 0.239. The topological polar surface area (TPSA) is 101 Å². The van der Waals surface area contributed by atoms with Gasteiger partial charge in [0.15, 0.2) is 11.5 Å². The number of benzene rings is 1. The van der Waals surface area contributed by atoms with Crippen LogP contribution >= 0.6 is 0 Å². The first-order chi connectivity index (χ1) is 15.7. The Bertz CT molecular complexity index is 1200. The van der Waals surface area contributed by atoms with Crippen molar-refractivity contribution in [1.29, 1.82) is 0 Å². The molecule has 9 nitrogen and oxygen atoms in total. The molecule has 0 unspecified atom stereocenters. The van der Waals surface area contributed by atoms with Gasteiger partial charge in [-0.25, -0.2) is 0 Å². The Morgan fingerprint density at radius 2 is 1.91 bits per heavy atom. The lowest BCUT2D eigenvalue weighted by Crippen LogP contribution is -3.00. The average molecular weight is 591 g/mol. The van der Waals surface area contributed by atoms with Crippen molar-refractivity contribution < 1.29 is 43.4 Å². The highest BCUT2D eigenvalue weighted by molar-refractivity contribution is 5.86. The maximum absolute atomic E-state index is 5.90. The fourth-order valence-corrected chi connectivity index (χ4v) is 3.64. The van der Waals surface area contributed by atoms with E-state index in [9.17, 15) is 0 Å². The van der Waals surface area contributed by atoms with Gasteiger partial charge in [-0.15, -0.1) is 0 Å². The second kappa shape index (κ2) is 12.1. The monoisotopic (exact) mass is 589 g/mol. The molecule has 1 aromatic carbocycles. The standard InChI is InChI=1S/C23H25N7O2.2BrH/c1-16-5-4-7-18(15-16)25-22-26-19-20(27-22)28-23(29-21(19)30-10-13-31-14-11-30)32-12-8-17-6-2-3-9-24-17;;/h2-7,9,15H,8,10-14H2,1H3,(H2,25,26,27,28,29);2*1H/p-2. The minimum absolute atomic E-state index is 0. The van der Waals surface area contributed by atoms with Crippen molar-refractivity contribution in [3.05, 3.63) is 59.9 Å². The summed E-state index contributed by atoms with van der Waals surface area (Å²) in [6, 6.07) is 14.3. The molecule has 34 heavy (non-hydrogen) atoms. The highest BCUT2D eigenvalue weighted by Gasteiger charge is 2.21. The minimum atomic E-state index is 0. The normalized spacial score (nSPS) is 13.1. The smallest absolute Gasteiger partial charge is 0.320 e. The zero-order valence-corrected chi connectivity index (χ0v) is 21.8. The van der Waals surface area contributed by atoms with Crippen LogP contribution in [0.4, 0.5) is 17.5 Å². The van der Waals surface area contributed by atoms with Crippen LogP contribution in [0.2, 0.25) is 0 Å². The lowest BCUT2D eigenvalue weighted by atomic mass is 10.2. The number of pyridine rings is 1. The van der Waals surface area contributed by atoms with Crippen molar-refractivity contribution in [2.45, 2.75) is 13.3 Å². The van der Waals surface area contributed by atoms with Crippen LogP contribution in [0, 0.1) is 6.92 Å². The average Bonchev–Trinajstić information content (AvgIpc) is 3.22. The molecule has 0 spiro atoms. The fraction of sp³-hybridized carbons (Fsp3) is 0.304. The number of halogens is 2. The zero-order valence-electron chi connectivity index (χ0n) is 18.7. The Balaban J connectivity index is 0.00000162. The molecule has 0 radical (unpaired) electrons. The molecular weight excluding hydrogens is 566 g/mol. The predicted molar refractivity (Wildman–Crippen MR) is 123 cm³/mol. The molecule has 0 saturated carbocycles. The molecule has 5 rings (SSSR count). The number of aromatic amines is 1. The first-order valence-electron chi connectivity index (χ1n) is 10.7. The SMILES string of the molecule is Cc1cccc(Nc2nc3nc(OCCc4ccccn4)nc(N4CCOCC4)c3[nH]2)c1.[Br-].[Br-]. The number of hydrogen-bond acceptors (Lipinski definition) is 8. The van der Waals surface area contributed by atoms with E-state index in [1.807, 2.05) is 30.3 Å². The zero-order chi connectivity index (χ0) is 21.8. The maximum atomic E-state index is 5.90. The number of nitrogens with one attached hydrogen (secondary N) is 2. The molecule has 11 heteroatoms. The summed E-state index contributed by atoms with van der Waals surface area (Å²) in [4.78, 5) is 23.8. The van der Waals surface area contributed by atoms with Gasteiger partial charge < -0.3 is 58.6 Å². The molecule has 1 fully saturated rings. The number of anilines is 3. The third kappa shape index (κ3) is 6.22. The summed E-state index contributed by atoms with van der Waals surface area (Å²) in [6.45, 7) is 5.30. The van der Waals surface area contributed by atoms with Crippen molar-refractivity contribution >= 4 is 28.6 Å². The van der Waals surface area contributed by atoms with Crippen molar-refractivity contribution in [2.75, 3.05) is 43.1 Å². The third-order valence-corrected chi connectivity index (χ3v) is 5.22. The molecule has 1 aliphatic rings. The van der Waals surface area contributed by atoms with Crippen LogP contribution in [0.3, 0.4) is 0 Å². The molecule has 1 aliphatic heterocycles. The van der Waals surface area contributed by atoms with Crippen molar-refractivity contribution in [1.82, 2.24) is 24.9 Å². The highest BCUT2D eigenvalue weighted by Crippen LogP contribution is 2.27. The van der Waals surface area contributed by atoms with Crippen LogP contribution in [0.25, 0.3) is 11.2 Å². The summed E-state index contributed by atoms with van der Waals surface area (Å²) in [5, 5.41) is 3.32. The Hall–Kier alpha value is -2.76. The maximum Gasteiger partial charge on any atom is 0.320 e. The van der Waals surface area contributed by atoms with E-state index in [1.54, 1.807) is 6.20 Å². The lowest BCUT2D eigenvalue weighted by molar-refractivity contribution is -0.00100. The number of aryl methyl sites for hydroxylation is 1. The first kappa shape index (κ1) is 25.9. The molecule has 0 bridgehead atoms. The van der Waals surface area contributed by atoms with Gasteiger partial charge in [0.05, 0.1) is 19.8 Å². The number of morpholine rings is 1. The number of H-pyrrole nitrogens is 1. The first-order valence-corrected chi connectivity index (χ1v) is 10.7. The van der Waals surface area contributed by atoms with Crippen LogP contribution in [0.1, 0.15) is 11.3 Å². The molecule has 4 heterocycles. The van der Waals surface area contributed by atoms with Gasteiger partial charge in [-0.2, -0.15) is 15.0 Å². The van der Waals surface area contributed by atoms with E-state index in [0.29, 0.717) is 43.8 Å². The van der Waals surface area contributed by atoms with Crippen molar-refractivity contribution in [3.63, 3.8) is 0 Å². The summed E-state index contributed by atoms with van der Waals surface area (Å²) in [7, 11) is 0. The van der Waals surface area contributed by atoms with Gasteiger partial charge in [0.1, 0.15) is 5.52 Å². The second-order valence-electron chi connectivity index (χ2n) is 7.63. The largest absolute Gasteiger partial charge is 1.00 e. The number of fused-ring (bicyclic) bond motifs is 1. The summed E-state index contributed by atoms with van der Waals surface area (Å²) < 4.78 is 11.4. The van der Waals surface area contributed by atoms with Gasteiger partial charge in [0, 0.05) is 37.1 Å². The van der Waals surface area contributed by atoms with Gasteiger partial charge in [-0.1, -0.05) is 18.2 Å². The fourth-order valence-electron chi connectivity index (χ4n) is 3.64. The predicted octanol–water partition coefficient (Wildman–Crippen LogP) is -2.73. The van der Waals surface area contributed by atoms with E-state index < -0.39 is 0 Å². The van der Waals surface area contributed by atoms with Crippen molar-refractivity contribution in [2.24, 2.45) is 0 Å². The Kier molecular flexibility index (Phi) is 9.20. The lowest BCUT2D eigenvalue weighted by Gasteiger charge is -2.28. The van der Waals surface area contributed by atoms with E-state index in [1.165, 1.54) is 5.56 Å². The van der Waals surface area contributed by atoms with Gasteiger partial charge in [-0.3, -0.25) is 4.98 Å². The highest BCUT2D eigenvalue weighted by atomic mass is 79.9. The van der Waals surface area contributed by atoms with Gasteiger partial charge in [0.2, 0.25) is 5.95 Å². The summed E-state index contributed by atoms with van der Waals surface area (Å²) >= 11 is 0. The van der Waals surface area contributed by atoms with Crippen LogP contribution in [0.5, 0.6) is 6.01 Å². The van der Waals surface area contributed by atoms with Crippen LogP contribution in [-0.4, -0.2) is 57.8 Å². The Morgan fingerprint density at radius 1 is 1.06 bits per heavy atom. The number of rotatable bonds is 7. The Labute approximate surface area is 218 Å². The minimum Gasteiger partial charge on any atom is -1.00 e. The van der Waals surface area contributed by atoms with Gasteiger partial charge >= 0.3 is 6.01 Å². The van der Waals surface area contributed by atoms with E-state index in [0.717, 1.165) is 35.8 Å². The Morgan fingerprint density at radius 3 is 2.68 bits per heavy atom. The van der Waals surface area contributed by atoms with E-state index in [4.69, 9.17) is 14.5 Å². The summed E-state index contributed by atoms with van der Waals surface area (Å²) in [5.74, 6) is 1.39.